The minimum atomic E-state index is -1.51. The number of ketones is 2. The number of amides is 1. The summed E-state index contributed by atoms with van der Waals surface area (Å²) < 4.78 is 9.96. The van der Waals surface area contributed by atoms with E-state index in [9.17, 15) is 14.4 Å². The summed E-state index contributed by atoms with van der Waals surface area (Å²) in [5.74, 6) is -2.55. The number of carbonyl (C=O) groups excluding carboxylic acids is 3. The van der Waals surface area contributed by atoms with Crippen LogP contribution in [0.5, 0.6) is 0 Å². The molecule has 1 atom stereocenters. The number of nitriles is 1. The zero-order valence-electron chi connectivity index (χ0n) is 13.5. The van der Waals surface area contributed by atoms with Crippen molar-refractivity contribution in [3.63, 3.8) is 0 Å². The maximum atomic E-state index is 12.2. The zero-order valence-corrected chi connectivity index (χ0v) is 13.5. The van der Waals surface area contributed by atoms with Crippen LogP contribution in [0.2, 0.25) is 0 Å². The van der Waals surface area contributed by atoms with Gasteiger partial charge in [-0.25, -0.2) is 4.79 Å². The summed E-state index contributed by atoms with van der Waals surface area (Å²) in [6, 6.07) is 12.1. The van der Waals surface area contributed by atoms with Gasteiger partial charge in [-0.1, -0.05) is 30.3 Å². The average molecular weight is 340 g/mol. The molecule has 1 aromatic carbocycles. The van der Waals surface area contributed by atoms with Gasteiger partial charge in [0.05, 0.1) is 24.4 Å². The van der Waals surface area contributed by atoms with Crippen molar-refractivity contribution in [3.05, 3.63) is 59.5 Å². The van der Waals surface area contributed by atoms with E-state index >= 15 is 0 Å². The first-order chi connectivity index (χ1) is 12.0. The number of benzene rings is 1. The third-order valence-electron chi connectivity index (χ3n) is 3.46. The van der Waals surface area contributed by atoms with Crippen LogP contribution in [-0.4, -0.2) is 24.2 Å². The van der Waals surface area contributed by atoms with Crippen LogP contribution in [0.25, 0.3) is 0 Å². The predicted molar refractivity (Wildman–Crippen MR) is 86.5 cm³/mol. The molecule has 0 aliphatic rings. The second kappa shape index (κ2) is 8.45. The molecule has 7 nitrogen and oxygen atoms in total. The lowest BCUT2D eigenvalue weighted by Crippen LogP contribution is -2.35. The maximum absolute atomic E-state index is 12.2. The quantitative estimate of drug-likeness (QED) is 0.612. The largest absolute Gasteiger partial charge is 0.469 e. The Kier molecular flexibility index (Phi) is 6.07. The number of rotatable bonds is 7. The molecule has 25 heavy (non-hydrogen) atoms. The molecule has 0 aliphatic carbocycles. The Morgan fingerprint density at radius 1 is 1.24 bits per heavy atom. The fourth-order valence-electron chi connectivity index (χ4n) is 2.11. The van der Waals surface area contributed by atoms with Gasteiger partial charge in [-0.05, 0) is 18.6 Å². The van der Waals surface area contributed by atoms with Gasteiger partial charge in [0, 0.05) is 0 Å². The molecule has 7 heteroatoms. The summed E-state index contributed by atoms with van der Waals surface area (Å²) in [5.41, 5.74) is 0.969. The Balaban J connectivity index is 1.85. The fraction of sp³-hybridized carbons (Fsp3) is 0.222. The van der Waals surface area contributed by atoms with Crippen molar-refractivity contribution in [2.45, 2.75) is 13.5 Å². The molecule has 2 rings (SSSR count). The summed E-state index contributed by atoms with van der Waals surface area (Å²) in [4.78, 5) is 35.9. The van der Waals surface area contributed by atoms with E-state index in [2.05, 4.69) is 5.32 Å². The zero-order chi connectivity index (χ0) is 18.2. The average Bonchev–Trinajstić information content (AvgIpc) is 3.05. The first-order valence-electron chi connectivity index (χ1n) is 7.48. The fourth-order valence-corrected chi connectivity index (χ4v) is 2.11. The Hall–Kier alpha value is -3.40. The van der Waals surface area contributed by atoms with Gasteiger partial charge in [-0.2, -0.15) is 5.26 Å². The van der Waals surface area contributed by atoms with Crippen molar-refractivity contribution in [1.29, 1.82) is 5.26 Å². The molecule has 1 N–H and O–H groups in total. The Morgan fingerprint density at radius 2 is 1.96 bits per heavy atom. The van der Waals surface area contributed by atoms with Crippen LogP contribution in [0.4, 0.5) is 4.79 Å². The van der Waals surface area contributed by atoms with Crippen molar-refractivity contribution in [3.8, 4) is 6.07 Å². The second-order valence-electron chi connectivity index (χ2n) is 5.20. The highest BCUT2D eigenvalue weighted by atomic mass is 16.5. The van der Waals surface area contributed by atoms with Gasteiger partial charge in [-0.3, -0.25) is 9.59 Å². The summed E-state index contributed by atoms with van der Waals surface area (Å²) in [6.07, 6.45) is 0.501. The Morgan fingerprint density at radius 3 is 2.56 bits per heavy atom. The predicted octanol–water partition coefficient (Wildman–Crippen LogP) is 2.41. The molecule has 2 aromatic rings. The number of furan rings is 1. The standard InChI is InChI=1S/C18H16N2O5/c1-12-14(7-8-24-12)17(22)15(9-19)16(21)10-20-18(23)25-11-13-5-3-2-4-6-13/h2-8,15H,10-11H2,1H3,(H,20,23)/t15-/m1/s1. The van der Waals surface area contributed by atoms with Gasteiger partial charge in [0.2, 0.25) is 0 Å². The van der Waals surface area contributed by atoms with Crippen LogP contribution in [0.15, 0.2) is 47.1 Å². The molecular formula is C18H16N2O5. The highest BCUT2D eigenvalue weighted by molar-refractivity contribution is 6.13. The SMILES string of the molecule is Cc1occc1C(=O)[C@H](C#N)C(=O)CNC(=O)OCc1ccccc1. The lowest BCUT2D eigenvalue weighted by atomic mass is 9.95. The first kappa shape index (κ1) is 17.9. The van der Waals surface area contributed by atoms with E-state index in [1.807, 2.05) is 6.07 Å². The molecule has 0 saturated carbocycles. The van der Waals surface area contributed by atoms with Crippen LogP contribution in [0, 0.1) is 24.2 Å². The number of aryl methyl sites for hydroxylation is 1. The van der Waals surface area contributed by atoms with Crippen molar-refractivity contribution in [2.75, 3.05) is 6.54 Å². The van der Waals surface area contributed by atoms with Gasteiger partial charge in [-0.15, -0.1) is 0 Å². The van der Waals surface area contributed by atoms with E-state index in [1.165, 1.54) is 12.3 Å². The number of ether oxygens (including phenoxy) is 1. The number of alkyl carbamates (subject to hydrolysis) is 1. The smallest absolute Gasteiger partial charge is 0.407 e. The molecule has 1 aromatic heterocycles. The topological polar surface area (TPSA) is 109 Å². The molecule has 128 valence electrons. The third-order valence-corrected chi connectivity index (χ3v) is 3.46. The summed E-state index contributed by atoms with van der Waals surface area (Å²) in [7, 11) is 0. The molecule has 0 radical (unpaired) electrons. The van der Waals surface area contributed by atoms with Crippen LogP contribution >= 0.6 is 0 Å². The van der Waals surface area contributed by atoms with E-state index in [1.54, 1.807) is 37.3 Å². The third kappa shape index (κ3) is 4.78. The molecule has 0 saturated heterocycles. The van der Waals surface area contributed by atoms with E-state index in [4.69, 9.17) is 14.4 Å². The van der Waals surface area contributed by atoms with Crippen LogP contribution in [0.1, 0.15) is 21.7 Å². The number of Topliss-reactive ketones (excluding diaryl/α,β-unsaturated/α-hetero) is 2. The summed E-state index contributed by atoms with van der Waals surface area (Å²) in [6.45, 7) is 1.13. The normalized spacial score (nSPS) is 11.2. The highest BCUT2D eigenvalue weighted by Gasteiger charge is 2.29. The van der Waals surface area contributed by atoms with Crippen LogP contribution in [-0.2, 0) is 16.1 Å². The summed E-state index contributed by atoms with van der Waals surface area (Å²) in [5, 5.41) is 11.4. The van der Waals surface area contributed by atoms with E-state index in [0.717, 1.165) is 5.56 Å². The Labute approximate surface area is 144 Å². The van der Waals surface area contributed by atoms with Crippen molar-refractivity contribution in [1.82, 2.24) is 5.32 Å². The van der Waals surface area contributed by atoms with Gasteiger partial charge in [0.1, 0.15) is 12.4 Å². The molecule has 1 amide bonds. The first-order valence-corrected chi connectivity index (χ1v) is 7.48. The molecule has 1 heterocycles. The van der Waals surface area contributed by atoms with Gasteiger partial charge in [0.25, 0.3) is 0 Å². The maximum Gasteiger partial charge on any atom is 0.407 e. The lowest BCUT2D eigenvalue weighted by molar-refractivity contribution is -0.119. The van der Waals surface area contributed by atoms with Crippen LogP contribution < -0.4 is 5.32 Å². The van der Waals surface area contributed by atoms with E-state index < -0.39 is 30.1 Å². The van der Waals surface area contributed by atoms with Crippen molar-refractivity contribution >= 4 is 17.7 Å². The number of nitrogens with one attached hydrogen (secondary N) is 1. The van der Waals surface area contributed by atoms with Crippen molar-refractivity contribution < 1.29 is 23.5 Å². The van der Waals surface area contributed by atoms with Crippen molar-refractivity contribution in [2.24, 2.45) is 5.92 Å². The molecule has 0 fully saturated rings. The van der Waals surface area contributed by atoms with E-state index in [0.29, 0.717) is 5.76 Å². The van der Waals surface area contributed by atoms with Crippen LogP contribution in [0.3, 0.4) is 0 Å². The molecule has 0 spiro atoms. The van der Waals surface area contributed by atoms with Gasteiger partial charge < -0.3 is 14.5 Å². The highest BCUT2D eigenvalue weighted by Crippen LogP contribution is 2.15. The number of hydrogen-bond acceptors (Lipinski definition) is 6. The monoisotopic (exact) mass is 340 g/mol. The number of nitrogens with zero attached hydrogens (tertiary/aromatic N) is 1. The summed E-state index contributed by atoms with van der Waals surface area (Å²) >= 11 is 0. The molecule has 0 unspecified atom stereocenters. The van der Waals surface area contributed by atoms with E-state index in [-0.39, 0.29) is 12.2 Å². The molecule has 0 bridgehead atoms. The molecule has 0 aliphatic heterocycles. The minimum Gasteiger partial charge on any atom is -0.469 e. The van der Waals surface area contributed by atoms with Gasteiger partial charge in [0.15, 0.2) is 17.5 Å². The lowest BCUT2D eigenvalue weighted by Gasteiger charge is -2.09. The Bertz CT molecular complexity index is 804. The second-order valence-corrected chi connectivity index (χ2v) is 5.20. The number of hydrogen-bond donors (Lipinski definition) is 1. The molecular weight excluding hydrogens is 324 g/mol. The van der Waals surface area contributed by atoms with Gasteiger partial charge >= 0.3 is 6.09 Å². The number of carbonyl (C=O) groups is 3. The minimum absolute atomic E-state index is 0.0513.